The second kappa shape index (κ2) is 7.50. The normalized spacial score (nSPS) is 18.3. The Morgan fingerprint density at radius 2 is 1.80 bits per heavy atom. The van der Waals surface area contributed by atoms with Crippen molar-refractivity contribution in [2.45, 2.75) is 26.8 Å². The number of carbonyl (C=O) groups is 2. The SMILES string of the molecule is Cc1ccc(N2C(=O)C(=O)/C(=C(\O)c3cccc(Cl)c3)C2c2ccc(C)o2)c(C)c1. The second-order valence-electron chi connectivity index (χ2n) is 7.42. The van der Waals surface area contributed by atoms with Crippen molar-refractivity contribution in [3.63, 3.8) is 0 Å². The lowest BCUT2D eigenvalue weighted by atomic mass is 9.99. The van der Waals surface area contributed by atoms with Crippen LogP contribution in [0.15, 0.2) is 64.6 Å². The number of aliphatic hydroxyl groups excluding tert-OH is 1. The van der Waals surface area contributed by atoms with Crippen LogP contribution in [0.25, 0.3) is 5.76 Å². The van der Waals surface area contributed by atoms with Crippen LogP contribution >= 0.6 is 11.6 Å². The standard InChI is InChI=1S/C24H20ClNO4/c1-13-7-9-18(14(2)11-13)26-21(19-10-8-15(3)30-19)20(23(28)24(26)29)22(27)16-5-4-6-17(25)12-16/h4-12,21,27H,1-3H3/b22-20-. The molecule has 6 heteroatoms. The van der Waals surface area contributed by atoms with E-state index in [2.05, 4.69) is 0 Å². The van der Waals surface area contributed by atoms with Gasteiger partial charge in [-0.25, -0.2) is 0 Å². The van der Waals surface area contributed by atoms with E-state index in [1.165, 1.54) is 4.90 Å². The van der Waals surface area contributed by atoms with Gasteiger partial charge in [-0.15, -0.1) is 0 Å². The zero-order valence-corrected chi connectivity index (χ0v) is 17.5. The molecular formula is C24H20ClNO4. The zero-order chi connectivity index (χ0) is 21.6. The first-order valence-corrected chi connectivity index (χ1v) is 9.86. The summed E-state index contributed by atoms with van der Waals surface area (Å²) in [5.74, 6) is -0.743. The summed E-state index contributed by atoms with van der Waals surface area (Å²) in [6, 6.07) is 14.7. The molecule has 1 fully saturated rings. The Bertz CT molecular complexity index is 1210. The number of amides is 1. The highest BCUT2D eigenvalue weighted by atomic mass is 35.5. The minimum Gasteiger partial charge on any atom is -0.507 e. The molecule has 1 saturated heterocycles. The number of aryl methyl sites for hydroxylation is 3. The van der Waals surface area contributed by atoms with Gasteiger partial charge in [-0.2, -0.15) is 0 Å². The number of ketones is 1. The Morgan fingerprint density at radius 3 is 2.43 bits per heavy atom. The molecule has 2 heterocycles. The highest BCUT2D eigenvalue weighted by molar-refractivity contribution is 6.51. The smallest absolute Gasteiger partial charge is 0.300 e. The van der Waals surface area contributed by atoms with Gasteiger partial charge in [-0.05, 0) is 56.7 Å². The average molecular weight is 422 g/mol. The minimum atomic E-state index is -0.890. The third-order valence-corrected chi connectivity index (χ3v) is 5.42. The van der Waals surface area contributed by atoms with Crippen LogP contribution in [0.5, 0.6) is 0 Å². The molecular weight excluding hydrogens is 402 g/mol. The molecule has 0 bridgehead atoms. The first-order valence-electron chi connectivity index (χ1n) is 9.48. The van der Waals surface area contributed by atoms with E-state index in [0.717, 1.165) is 11.1 Å². The van der Waals surface area contributed by atoms with E-state index >= 15 is 0 Å². The van der Waals surface area contributed by atoms with Crippen LogP contribution < -0.4 is 4.90 Å². The maximum atomic E-state index is 13.1. The molecule has 0 saturated carbocycles. The summed E-state index contributed by atoms with van der Waals surface area (Å²) in [6.45, 7) is 5.62. The summed E-state index contributed by atoms with van der Waals surface area (Å²) in [6.07, 6.45) is 0. The quantitative estimate of drug-likeness (QED) is 0.345. The zero-order valence-electron chi connectivity index (χ0n) is 16.8. The van der Waals surface area contributed by atoms with Gasteiger partial charge >= 0.3 is 0 Å². The molecule has 30 heavy (non-hydrogen) atoms. The molecule has 4 rings (SSSR count). The highest BCUT2D eigenvalue weighted by Crippen LogP contribution is 2.43. The van der Waals surface area contributed by atoms with Crippen molar-refractivity contribution in [2.75, 3.05) is 4.90 Å². The van der Waals surface area contributed by atoms with Crippen LogP contribution in [0.2, 0.25) is 5.02 Å². The maximum absolute atomic E-state index is 13.1. The van der Waals surface area contributed by atoms with Crippen molar-refractivity contribution in [2.24, 2.45) is 0 Å². The Morgan fingerprint density at radius 1 is 1.03 bits per heavy atom. The van der Waals surface area contributed by atoms with Crippen LogP contribution in [-0.4, -0.2) is 16.8 Å². The molecule has 0 radical (unpaired) electrons. The van der Waals surface area contributed by atoms with Gasteiger partial charge in [0.15, 0.2) is 0 Å². The molecule has 1 atom stereocenters. The number of anilines is 1. The maximum Gasteiger partial charge on any atom is 0.300 e. The first-order chi connectivity index (χ1) is 14.3. The summed E-state index contributed by atoms with van der Waals surface area (Å²) in [4.78, 5) is 27.6. The lowest BCUT2D eigenvalue weighted by molar-refractivity contribution is -0.132. The highest BCUT2D eigenvalue weighted by Gasteiger charge is 2.48. The van der Waals surface area contributed by atoms with Gasteiger partial charge in [-0.1, -0.05) is 41.4 Å². The van der Waals surface area contributed by atoms with Gasteiger partial charge in [0.25, 0.3) is 11.7 Å². The Hall–Kier alpha value is -3.31. The number of benzene rings is 2. The molecule has 5 nitrogen and oxygen atoms in total. The largest absolute Gasteiger partial charge is 0.507 e. The summed E-state index contributed by atoms with van der Waals surface area (Å²) >= 11 is 6.06. The molecule has 1 N–H and O–H groups in total. The fourth-order valence-electron chi connectivity index (χ4n) is 3.82. The van der Waals surface area contributed by atoms with Crippen LogP contribution in [0.3, 0.4) is 0 Å². The van der Waals surface area contributed by atoms with Crippen molar-refractivity contribution in [1.29, 1.82) is 0 Å². The first kappa shape index (κ1) is 20.0. The van der Waals surface area contributed by atoms with Crippen molar-refractivity contribution in [3.8, 4) is 0 Å². The van der Waals surface area contributed by atoms with E-state index in [9.17, 15) is 14.7 Å². The number of carbonyl (C=O) groups excluding carboxylic acids is 2. The molecule has 0 aliphatic carbocycles. The van der Waals surface area contributed by atoms with E-state index in [4.69, 9.17) is 16.0 Å². The molecule has 152 valence electrons. The predicted octanol–water partition coefficient (Wildman–Crippen LogP) is 5.48. The number of furan rings is 1. The monoisotopic (exact) mass is 421 g/mol. The van der Waals surface area contributed by atoms with E-state index in [1.54, 1.807) is 49.4 Å². The number of halogens is 1. The lowest BCUT2D eigenvalue weighted by Crippen LogP contribution is -2.30. The second-order valence-corrected chi connectivity index (χ2v) is 7.85. The molecule has 1 aliphatic rings. The van der Waals surface area contributed by atoms with Crippen LogP contribution in [-0.2, 0) is 9.59 Å². The van der Waals surface area contributed by atoms with Crippen LogP contribution in [0, 0.1) is 20.8 Å². The molecule has 1 amide bonds. The Kier molecular flexibility index (Phi) is 5.00. The molecule has 1 aromatic heterocycles. The van der Waals surface area contributed by atoms with Gasteiger partial charge in [0, 0.05) is 16.3 Å². The van der Waals surface area contributed by atoms with E-state index in [0.29, 0.717) is 27.8 Å². The molecule has 2 aromatic carbocycles. The molecule has 1 unspecified atom stereocenters. The molecule has 1 aliphatic heterocycles. The van der Waals surface area contributed by atoms with E-state index in [-0.39, 0.29) is 11.3 Å². The van der Waals surface area contributed by atoms with Gasteiger partial charge < -0.3 is 9.52 Å². The lowest BCUT2D eigenvalue weighted by Gasteiger charge is -2.25. The molecule has 3 aromatic rings. The number of Topliss-reactive ketones (excluding diaryl/α,β-unsaturated/α-hetero) is 1. The van der Waals surface area contributed by atoms with Crippen LogP contribution in [0.4, 0.5) is 5.69 Å². The third-order valence-electron chi connectivity index (χ3n) is 5.18. The number of nitrogens with zero attached hydrogens (tertiary/aromatic N) is 1. The summed E-state index contributed by atoms with van der Waals surface area (Å²) in [5, 5.41) is 11.4. The Labute approximate surface area is 179 Å². The Balaban J connectivity index is 1.97. The summed E-state index contributed by atoms with van der Waals surface area (Å²) < 4.78 is 5.80. The van der Waals surface area contributed by atoms with Gasteiger partial charge in [0.2, 0.25) is 0 Å². The summed E-state index contributed by atoms with van der Waals surface area (Å²) in [5.41, 5.74) is 2.79. The van der Waals surface area contributed by atoms with Crippen molar-refractivity contribution in [3.05, 3.63) is 93.4 Å². The van der Waals surface area contributed by atoms with Gasteiger partial charge in [0.05, 0.1) is 5.57 Å². The van der Waals surface area contributed by atoms with E-state index in [1.807, 2.05) is 26.0 Å². The minimum absolute atomic E-state index is 0.0309. The average Bonchev–Trinajstić information content (AvgIpc) is 3.23. The predicted molar refractivity (Wildman–Crippen MR) is 116 cm³/mol. The van der Waals surface area contributed by atoms with E-state index < -0.39 is 17.7 Å². The number of aliphatic hydroxyl groups is 1. The van der Waals surface area contributed by atoms with Crippen molar-refractivity contribution >= 4 is 34.7 Å². The van der Waals surface area contributed by atoms with Gasteiger partial charge in [0.1, 0.15) is 23.3 Å². The number of hydrogen-bond acceptors (Lipinski definition) is 4. The van der Waals surface area contributed by atoms with Crippen molar-refractivity contribution in [1.82, 2.24) is 0 Å². The fraction of sp³-hybridized carbons (Fsp3) is 0.167. The van der Waals surface area contributed by atoms with Crippen molar-refractivity contribution < 1.29 is 19.1 Å². The number of rotatable bonds is 3. The molecule has 0 spiro atoms. The number of hydrogen-bond donors (Lipinski definition) is 1. The van der Waals surface area contributed by atoms with Gasteiger partial charge in [-0.3, -0.25) is 14.5 Å². The van der Waals surface area contributed by atoms with Crippen LogP contribution in [0.1, 0.15) is 34.3 Å². The third kappa shape index (κ3) is 3.31. The topological polar surface area (TPSA) is 70.8 Å². The summed E-state index contributed by atoms with van der Waals surface area (Å²) in [7, 11) is 0. The fourth-order valence-corrected chi connectivity index (χ4v) is 4.01.